The highest BCUT2D eigenvalue weighted by Crippen LogP contribution is 2.20. The Morgan fingerprint density at radius 2 is 2.35 bits per heavy atom. The van der Waals surface area contributed by atoms with Crippen molar-refractivity contribution in [1.29, 1.82) is 0 Å². The number of likely N-dealkylation sites (tertiary alicyclic amines) is 1. The van der Waals surface area contributed by atoms with E-state index in [0.717, 1.165) is 25.8 Å². The van der Waals surface area contributed by atoms with Crippen LogP contribution in [0.1, 0.15) is 36.2 Å². The molecule has 1 atom stereocenters. The normalized spacial score (nSPS) is 21.3. The van der Waals surface area contributed by atoms with E-state index in [1.807, 2.05) is 11.9 Å². The number of alkyl halides is 1. The Labute approximate surface area is 107 Å². The molecule has 1 aliphatic heterocycles. The molecule has 0 saturated carbocycles. The SMILES string of the molecule is Cn1cncc1C(=O)N1CCCCCC1CCl. The summed E-state index contributed by atoms with van der Waals surface area (Å²) in [5, 5.41) is 0. The van der Waals surface area contributed by atoms with E-state index in [0.29, 0.717) is 11.6 Å². The average molecular weight is 256 g/mol. The van der Waals surface area contributed by atoms with Crippen LogP contribution in [-0.2, 0) is 7.05 Å². The summed E-state index contributed by atoms with van der Waals surface area (Å²) >= 11 is 5.98. The second-order valence-electron chi connectivity index (χ2n) is 4.55. The van der Waals surface area contributed by atoms with Gasteiger partial charge in [-0.15, -0.1) is 11.6 Å². The maximum absolute atomic E-state index is 12.4. The third kappa shape index (κ3) is 2.63. The number of carbonyl (C=O) groups is 1. The number of aromatic nitrogens is 2. The zero-order valence-corrected chi connectivity index (χ0v) is 10.9. The lowest BCUT2D eigenvalue weighted by Crippen LogP contribution is -2.41. The number of halogens is 1. The van der Waals surface area contributed by atoms with Crippen molar-refractivity contribution in [3.63, 3.8) is 0 Å². The predicted octanol–water partition coefficient (Wildman–Crippen LogP) is 2.04. The van der Waals surface area contributed by atoms with E-state index in [1.54, 1.807) is 17.1 Å². The Morgan fingerprint density at radius 1 is 1.53 bits per heavy atom. The summed E-state index contributed by atoms with van der Waals surface area (Å²) in [4.78, 5) is 18.3. The molecule has 4 nitrogen and oxygen atoms in total. The Morgan fingerprint density at radius 3 is 3.00 bits per heavy atom. The number of carbonyl (C=O) groups excluding carboxylic acids is 1. The first-order valence-electron chi connectivity index (χ1n) is 6.07. The largest absolute Gasteiger partial charge is 0.333 e. The fourth-order valence-corrected chi connectivity index (χ4v) is 2.64. The van der Waals surface area contributed by atoms with Gasteiger partial charge in [-0.2, -0.15) is 0 Å². The Balaban J connectivity index is 2.18. The van der Waals surface area contributed by atoms with Crippen LogP contribution in [0.2, 0.25) is 0 Å². The van der Waals surface area contributed by atoms with Crippen LogP contribution in [0, 0.1) is 0 Å². The molecule has 1 amide bonds. The van der Waals surface area contributed by atoms with Crippen LogP contribution in [0.3, 0.4) is 0 Å². The van der Waals surface area contributed by atoms with Crippen molar-refractivity contribution in [3.8, 4) is 0 Å². The van der Waals surface area contributed by atoms with E-state index < -0.39 is 0 Å². The summed E-state index contributed by atoms with van der Waals surface area (Å²) in [5.74, 6) is 0.571. The highest BCUT2D eigenvalue weighted by molar-refractivity contribution is 6.18. The van der Waals surface area contributed by atoms with E-state index in [-0.39, 0.29) is 11.9 Å². The zero-order chi connectivity index (χ0) is 12.3. The minimum atomic E-state index is 0.0533. The summed E-state index contributed by atoms with van der Waals surface area (Å²) in [6.45, 7) is 0.807. The van der Waals surface area contributed by atoms with Gasteiger partial charge in [-0.25, -0.2) is 4.98 Å². The van der Waals surface area contributed by atoms with Crippen molar-refractivity contribution in [2.75, 3.05) is 12.4 Å². The van der Waals surface area contributed by atoms with E-state index in [9.17, 15) is 4.79 Å². The van der Waals surface area contributed by atoms with Crippen molar-refractivity contribution in [2.45, 2.75) is 31.7 Å². The van der Waals surface area contributed by atoms with Crippen LogP contribution in [0.4, 0.5) is 0 Å². The van der Waals surface area contributed by atoms with E-state index in [4.69, 9.17) is 11.6 Å². The predicted molar refractivity (Wildman–Crippen MR) is 67.2 cm³/mol. The van der Waals surface area contributed by atoms with Gasteiger partial charge in [0, 0.05) is 25.5 Å². The third-order valence-electron chi connectivity index (χ3n) is 3.35. The summed E-state index contributed by atoms with van der Waals surface area (Å²) in [6, 6.07) is 0.168. The van der Waals surface area contributed by atoms with Crippen LogP contribution >= 0.6 is 11.6 Å². The van der Waals surface area contributed by atoms with Crippen molar-refractivity contribution < 1.29 is 4.79 Å². The van der Waals surface area contributed by atoms with Gasteiger partial charge in [-0.3, -0.25) is 4.79 Å². The molecular weight excluding hydrogens is 238 g/mol. The molecule has 0 aliphatic carbocycles. The molecule has 1 unspecified atom stereocenters. The van der Waals surface area contributed by atoms with Crippen LogP contribution in [0.5, 0.6) is 0 Å². The number of imidazole rings is 1. The van der Waals surface area contributed by atoms with Gasteiger partial charge in [0.2, 0.25) is 0 Å². The molecule has 0 radical (unpaired) electrons. The summed E-state index contributed by atoms with van der Waals surface area (Å²) in [5.41, 5.74) is 0.641. The first-order valence-corrected chi connectivity index (χ1v) is 6.60. The Kier molecular flexibility index (Phi) is 4.05. The summed E-state index contributed by atoms with van der Waals surface area (Å²) < 4.78 is 1.76. The topological polar surface area (TPSA) is 38.1 Å². The monoisotopic (exact) mass is 255 g/mol. The molecule has 0 bridgehead atoms. The van der Waals surface area contributed by atoms with Crippen molar-refractivity contribution >= 4 is 17.5 Å². The molecule has 1 aliphatic rings. The fourth-order valence-electron chi connectivity index (χ4n) is 2.32. The smallest absolute Gasteiger partial charge is 0.272 e. The number of nitrogens with zero attached hydrogens (tertiary/aromatic N) is 3. The molecule has 5 heteroatoms. The van der Waals surface area contributed by atoms with Gasteiger partial charge < -0.3 is 9.47 Å². The maximum Gasteiger partial charge on any atom is 0.272 e. The highest BCUT2D eigenvalue weighted by atomic mass is 35.5. The number of amides is 1. The van der Waals surface area contributed by atoms with E-state index in [2.05, 4.69) is 4.98 Å². The molecule has 1 saturated heterocycles. The van der Waals surface area contributed by atoms with Gasteiger partial charge in [-0.05, 0) is 12.8 Å². The standard InChI is InChI=1S/C12H18ClN3O/c1-15-9-14-8-11(15)12(17)16-6-4-2-3-5-10(16)7-13/h8-10H,2-7H2,1H3. The molecule has 0 aromatic carbocycles. The Bertz CT molecular complexity index is 391. The van der Waals surface area contributed by atoms with Gasteiger partial charge in [-0.1, -0.05) is 12.8 Å². The zero-order valence-electron chi connectivity index (χ0n) is 10.1. The fraction of sp³-hybridized carbons (Fsp3) is 0.667. The first kappa shape index (κ1) is 12.4. The van der Waals surface area contributed by atoms with E-state index in [1.165, 1.54) is 6.42 Å². The molecule has 1 fully saturated rings. The van der Waals surface area contributed by atoms with Crippen molar-refractivity contribution in [3.05, 3.63) is 18.2 Å². The van der Waals surface area contributed by atoms with Crippen molar-refractivity contribution in [1.82, 2.24) is 14.5 Å². The lowest BCUT2D eigenvalue weighted by molar-refractivity contribution is 0.0690. The second kappa shape index (κ2) is 5.54. The molecule has 0 N–H and O–H groups in total. The van der Waals surface area contributed by atoms with Gasteiger partial charge >= 0.3 is 0 Å². The van der Waals surface area contributed by atoms with Crippen LogP contribution < -0.4 is 0 Å². The summed E-state index contributed by atoms with van der Waals surface area (Å²) in [6.07, 6.45) is 7.69. The quantitative estimate of drug-likeness (QED) is 0.759. The van der Waals surface area contributed by atoms with E-state index >= 15 is 0 Å². The van der Waals surface area contributed by atoms with Gasteiger partial charge in [0.25, 0.3) is 5.91 Å². The minimum Gasteiger partial charge on any atom is -0.333 e. The highest BCUT2D eigenvalue weighted by Gasteiger charge is 2.26. The molecular formula is C12H18ClN3O. The van der Waals surface area contributed by atoms with Crippen LogP contribution in [0.15, 0.2) is 12.5 Å². The van der Waals surface area contributed by atoms with Gasteiger partial charge in [0.05, 0.1) is 12.5 Å². The maximum atomic E-state index is 12.4. The molecule has 2 rings (SSSR count). The van der Waals surface area contributed by atoms with Crippen molar-refractivity contribution in [2.24, 2.45) is 7.05 Å². The number of hydrogen-bond donors (Lipinski definition) is 0. The number of rotatable bonds is 2. The Hall–Kier alpha value is -1.03. The van der Waals surface area contributed by atoms with Crippen LogP contribution in [-0.4, -0.2) is 38.8 Å². The molecule has 0 spiro atoms. The lowest BCUT2D eigenvalue weighted by atomic mass is 10.1. The van der Waals surface area contributed by atoms with Gasteiger partial charge in [0.1, 0.15) is 5.69 Å². The van der Waals surface area contributed by atoms with Gasteiger partial charge in [0.15, 0.2) is 0 Å². The first-order chi connectivity index (χ1) is 8.24. The lowest BCUT2D eigenvalue weighted by Gasteiger charge is -2.28. The second-order valence-corrected chi connectivity index (χ2v) is 4.85. The summed E-state index contributed by atoms with van der Waals surface area (Å²) in [7, 11) is 1.84. The average Bonchev–Trinajstić information content (AvgIpc) is 2.64. The molecule has 94 valence electrons. The minimum absolute atomic E-state index is 0.0533. The molecule has 2 heterocycles. The molecule has 17 heavy (non-hydrogen) atoms. The third-order valence-corrected chi connectivity index (χ3v) is 3.71. The number of aryl methyl sites for hydroxylation is 1. The van der Waals surface area contributed by atoms with Crippen LogP contribution in [0.25, 0.3) is 0 Å². The molecule has 1 aromatic rings. The number of hydrogen-bond acceptors (Lipinski definition) is 2. The molecule has 1 aromatic heterocycles.